The van der Waals surface area contributed by atoms with Gasteiger partial charge in [-0.2, -0.15) is 4.31 Å². The molecule has 1 aromatic heterocycles. The highest BCUT2D eigenvalue weighted by molar-refractivity contribution is 7.89. The lowest BCUT2D eigenvalue weighted by Crippen LogP contribution is -2.60. The lowest BCUT2D eigenvalue weighted by Gasteiger charge is -2.45. The smallest absolute Gasteiger partial charge is 0.244 e. The van der Waals surface area contributed by atoms with E-state index in [9.17, 15) is 13.5 Å². The number of rotatable bonds is 6. The fraction of sp³-hybridized carbons (Fsp3) is 0.542. The van der Waals surface area contributed by atoms with Crippen LogP contribution in [-0.2, 0) is 20.4 Å². The minimum absolute atomic E-state index is 0.0441. The van der Waals surface area contributed by atoms with E-state index >= 15 is 0 Å². The standard InChI is InChI=1S/C24H33ClN4O4S/c1-18-17-33-13-12-27(18)15-21-16-28(34(31,32)22-8-9-23(25)26-14-22)10-11-29(21)20-6-4-19(5-7-20)24(2,3)30/h4-9,14,18,21,30H,10-13,15-17H2,1-3H3/t18-,21-/m0/s1. The number of halogens is 1. The largest absolute Gasteiger partial charge is 0.386 e. The minimum Gasteiger partial charge on any atom is -0.386 e. The summed E-state index contributed by atoms with van der Waals surface area (Å²) in [6, 6.07) is 11.1. The molecule has 8 nitrogen and oxygen atoms in total. The Bertz CT molecular complexity index is 1070. The topological polar surface area (TPSA) is 86.2 Å². The molecule has 4 rings (SSSR count). The third-order valence-corrected chi connectivity index (χ3v) is 8.71. The molecule has 2 aromatic rings. The van der Waals surface area contributed by atoms with E-state index in [2.05, 4.69) is 21.7 Å². The summed E-state index contributed by atoms with van der Waals surface area (Å²) < 4.78 is 33.9. The first-order valence-corrected chi connectivity index (χ1v) is 13.4. The number of anilines is 1. The second-order valence-electron chi connectivity index (χ2n) is 9.55. The van der Waals surface area contributed by atoms with Crippen LogP contribution in [0.25, 0.3) is 0 Å². The van der Waals surface area contributed by atoms with E-state index in [0.717, 1.165) is 24.3 Å². The Morgan fingerprint density at radius 1 is 1.15 bits per heavy atom. The van der Waals surface area contributed by atoms with Crippen LogP contribution in [0.5, 0.6) is 0 Å². The van der Waals surface area contributed by atoms with Crippen LogP contribution in [-0.4, -0.2) is 85.7 Å². The molecule has 0 spiro atoms. The van der Waals surface area contributed by atoms with Crippen molar-refractivity contribution in [2.24, 2.45) is 0 Å². The molecular formula is C24H33ClN4O4S. The van der Waals surface area contributed by atoms with Gasteiger partial charge in [-0.15, -0.1) is 0 Å². The molecule has 34 heavy (non-hydrogen) atoms. The van der Waals surface area contributed by atoms with Gasteiger partial charge in [0.2, 0.25) is 10.0 Å². The van der Waals surface area contributed by atoms with Gasteiger partial charge in [-0.25, -0.2) is 13.4 Å². The summed E-state index contributed by atoms with van der Waals surface area (Å²) in [4.78, 5) is 8.76. The zero-order valence-corrected chi connectivity index (χ0v) is 21.5. The number of hydrogen-bond donors (Lipinski definition) is 1. The van der Waals surface area contributed by atoms with Crippen molar-refractivity contribution in [3.05, 3.63) is 53.3 Å². The molecule has 0 radical (unpaired) electrons. The van der Waals surface area contributed by atoms with Crippen molar-refractivity contribution in [1.29, 1.82) is 0 Å². The van der Waals surface area contributed by atoms with E-state index in [1.807, 2.05) is 24.3 Å². The van der Waals surface area contributed by atoms with Crippen molar-refractivity contribution >= 4 is 27.3 Å². The average Bonchev–Trinajstić information content (AvgIpc) is 2.80. The molecule has 1 N–H and O–H groups in total. The third-order valence-electron chi connectivity index (χ3n) is 6.64. The summed E-state index contributed by atoms with van der Waals surface area (Å²) in [6.45, 7) is 9.85. The molecular weight excluding hydrogens is 476 g/mol. The second-order valence-corrected chi connectivity index (χ2v) is 11.9. The van der Waals surface area contributed by atoms with Gasteiger partial charge >= 0.3 is 0 Å². The molecule has 3 heterocycles. The predicted molar refractivity (Wildman–Crippen MR) is 133 cm³/mol. The summed E-state index contributed by atoms with van der Waals surface area (Å²) in [5, 5.41) is 10.6. The molecule has 2 aliphatic heterocycles. The maximum absolute atomic E-state index is 13.4. The molecule has 1 aromatic carbocycles. The number of aliphatic hydroxyl groups is 1. The van der Waals surface area contributed by atoms with Crippen LogP contribution in [0.1, 0.15) is 26.3 Å². The number of morpholine rings is 1. The molecule has 2 saturated heterocycles. The van der Waals surface area contributed by atoms with Gasteiger partial charge in [-0.3, -0.25) is 4.90 Å². The van der Waals surface area contributed by atoms with Crippen molar-refractivity contribution in [3.8, 4) is 0 Å². The predicted octanol–water partition coefficient (Wildman–Crippen LogP) is 2.56. The van der Waals surface area contributed by atoms with Crippen LogP contribution in [0, 0.1) is 0 Å². The summed E-state index contributed by atoms with van der Waals surface area (Å²) in [5.74, 6) is 0. The van der Waals surface area contributed by atoms with E-state index in [1.165, 1.54) is 18.3 Å². The van der Waals surface area contributed by atoms with Gasteiger partial charge in [0, 0.05) is 50.6 Å². The number of aromatic nitrogens is 1. The highest BCUT2D eigenvalue weighted by atomic mass is 35.5. The van der Waals surface area contributed by atoms with E-state index in [4.69, 9.17) is 16.3 Å². The fourth-order valence-electron chi connectivity index (χ4n) is 4.57. The van der Waals surface area contributed by atoms with Gasteiger partial charge in [0.15, 0.2) is 0 Å². The van der Waals surface area contributed by atoms with Crippen molar-refractivity contribution < 1.29 is 18.3 Å². The molecule has 0 amide bonds. The van der Waals surface area contributed by atoms with Crippen molar-refractivity contribution in [3.63, 3.8) is 0 Å². The normalized spacial score (nSPS) is 23.3. The number of hydrogen-bond acceptors (Lipinski definition) is 7. The number of pyridine rings is 1. The maximum atomic E-state index is 13.4. The molecule has 0 unspecified atom stereocenters. The van der Waals surface area contributed by atoms with Gasteiger partial charge in [0.05, 0.1) is 24.9 Å². The summed E-state index contributed by atoms with van der Waals surface area (Å²) in [6.07, 6.45) is 1.32. The van der Waals surface area contributed by atoms with Crippen LogP contribution in [0.3, 0.4) is 0 Å². The first kappa shape index (κ1) is 25.3. The lowest BCUT2D eigenvalue weighted by atomic mass is 9.98. The van der Waals surface area contributed by atoms with Crippen molar-refractivity contribution in [2.45, 2.75) is 43.4 Å². The Hall–Kier alpha value is -1.75. The first-order chi connectivity index (χ1) is 16.1. The Morgan fingerprint density at radius 2 is 1.88 bits per heavy atom. The Balaban J connectivity index is 1.60. The average molecular weight is 509 g/mol. The van der Waals surface area contributed by atoms with Crippen LogP contribution >= 0.6 is 11.6 Å². The number of sulfonamides is 1. The molecule has 0 aliphatic carbocycles. The van der Waals surface area contributed by atoms with Gasteiger partial charge in [0.1, 0.15) is 10.0 Å². The lowest BCUT2D eigenvalue weighted by molar-refractivity contribution is -0.00446. The van der Waals surface area contributed by atoms with E-state index in [1.54, 1.807) is 18.2 Å². The van der Waals surface area contributed by atoms with E-state index < -0.39 is 15.6 Å². The first-order valence-electron chi connectivity index (χ1n) is 11.6. The third kappa shape index (κ3) is 5.56. The quantitative estimate of drug-likeness (QED) is 0.600. The monoisotopic (exact) mass is 508 g/mol. The van der Waals surface area contributed by atoms with Crippen molar-refractivity contribution in [2.75, 3.05) is 50.8 Å². The number of piperazine rings is 1. The highest BCUT2D eigenvalue weighted by Crippen LogP contribution is 2.28. The Morgan fingerprint density at radius 3 is 2.50 bits per heavy atom. The molecule has 2 fully saturated rings. The van der Waals surface area contributed by atoms with Crippen molar-refractivity contribution in [1.82, 2.24) is 14.2 Å². The summed E-state index contributed by atoms with van der Waals surface area (Å²) in [7, 11) is -3.69. The van der Waals surface area contributed by atoms with Crippen LogP contribution in [0.2, 0.25) is 5.15 Å². The zero-order valence-electron chi connectivity index (χ0n) is 19.9. The number of nitrogens with zero attached hydrogens (tertiary/aromatic N) is 4. The summed E-state index contributed by atoms with van der Waals surface area (Å²) in [5.41, 5.74) is 0.941. The zero-order chi connectivity index (χ0) is 24.5. The highest BCUT2D eigenvalue weighted by Gasteiger charge is 2.36. The molecule has 2 aliphatic rings. The van der Waals surface area contributed by atoms with Gasteiger partial charge < -0.3 is 14.7 Å². The molecule has 0 bridgehead atoms. The molecule has 10 heteroatoms. The van der Waals surface area contributed by atoms with Crippen LogP contribution in [0.4, 0.5) is 5.69 Å². The van der Waals surface area contributed by atoms with Gasteiger partial charge in [0.25, 0.3) is 0 Å². The SMILES string of the molecule is C[C@H]1COCCN1C[C@H]1CN(S(=O)(=O)c2ccc(Cl)nc2)CCN1c1ccc(C(C)(C)O)cc1. The number of benzene rings is 1. The van der Waals surface area contributed by atoms with Gasteiger partial charge in [-0.05, 0) is 50.6 Å². The minimum atomic E-state index is -3.69. The fourth-order valence-corrected chi connectivity index (χ4v) is 6.10. The number of ether oxygens (including phenoxy) is 1. The molecule has 0 saturated carbocycles. The second kappa shape index (κ2) is 10.1. The van der Waals surface area contributed by atoms with Crippen LogP contribution < -0.4 is 4.90 Å². The molecule has 2 atom stereocenters. The van der Waals surface area contributed by atoms with Gasteiger partial charge in [-0.1, -0.05) is 23.7 Å². The summed E-state index contributed by atoms with van der Waals surface area (Å²) >= 11 is 5.86. The Labute approximate surface area is 207 Å². The van der Waals surface area contributed by atoms with E-state index in [-0.39, 0.29) is 22.1 Å². The Kier molecular flexibility index (Phi) is 7.52. The maximum Gasteiger partial charge on any atom is 0.244 e. The van der Waals surface area contributed by atoms with E-state index in [0.29, 0.717) is 32.8 Å². The molecule has 186 valence electrons. The van der Waals surface area contributed by atoms with Crippen LogP contribution in [0.15, 0.2) is 47.5 Å².